The topological polar surface area (TPSA) is 79.4 Å². The van der Waals surface area contributed by atoms with E-state index in [2.05, 4.69) is 36.3 Å². The number of hydrogen-bond acceptors (Lipinski definition) is 5. The Morgan fingerprint density at radius 2 is 1.71 bits per heavy atom. The summed E-state index contributed by atoms with van der Waals surface area (Å²) in [4.78, 5) is 17.5. The van der Waals surface area contributed by atoms with Crippen LogP contribution in [0.15, 0.2) is 77.0 Å². The molecule has 1 aliphatic rings. The molecule has 0 aliphatic carbocycles. The summed E-state index contributed by atoms with van der Waals surface area (Å²) in [6.07, 6.45) is 0.688. The van der Waals surface area contributed by atoms with Gasteiger partial charge in [0.2, 0.25) is 10.0 Å². The van der Waals surface area contributed by atoms with E-state index in [4.69, 9.17) is 0 Å². The Labute approximate surface area is 209 Å². The standard InChI is InChI=1S/C27H25N3O3S2/c1-18-7-8-22(15-19(18)2)25-17-34-27(28-25)29-26(31)21-9-11-24(12-10-21)35(32,33)30-14-13-20-5-3-4-6-23(20)16-30/h3-12,15,17H,13-14,16H2,1-2H3,(H,28,29,31). The zero-order valence-electron chi connectivity index (χ0n) is 19.5. The molecule has 8 heteroatoms. The van der Waals surface area contributed by atoms with Crippen molar-refractivity contribution in [2.75, 3.05) is 11.9 Å². The van der Waals surface area contributed by atoms with Crippen LogP contribution in [0.5, 0.6) is 0 Å². The third-order valence-electron chi connectivity index (χ3n) is 6.38. The average Bonchev–Trinajstić information content (AvgIpc) is 3.34. The second kappa shape index (κ2) is 9.37. The molecule has 5 rings (SSSR count). The first-order valence-corrected chi connectivity index (χ1v) is 13.6. The summed E-state index contributed by atoms with van der Waals surface area (Å²) < 4.78 is 27.8. The Kier molecular flexibility index (Phi) is 6.27. The minimum Gasteiger partial charge on any atom is -0.298 e. The highest BCUT2D eigenvalue weighted by Crippen LogP contribution is 2.28. The molecule has 1 N–H and O–H groups in total. The van der Waals surface area contributed by atoms with E-state index >= 15 is 0 Å². The van der Waals surface area contributed by atoms with Gasteiger partial charge in [-0.25, -0.2) is 13.4 Å². The van der Waals surface area contributed by atoms with Gasteiger partial charge in [0, 0.05) is 29.6 Å². The smallest absolute Gasteiger partial charge is 0.257 e. The Balaban J connectivity index is 1.28. The van der Waals surface area contributed by atoms with Gasteiger partial charge in [0.05, 0.1) is 10.6 Å². The highest BCUT2D eigenvalue weighted by Gasteiger charge is 2.28. The lowest BCUT2D eigenvalue weighted by atomic mass is 10.0. The molecule has 1 amide bonds. The van der Waals surface area contributed by atoms with Crippen molar-refractivity contribution in [3.05, 3.63) is 99.9 Å². The summed E-state index contributed by atoms with van der Waals surface area (Å²) in [6, 6.07) is 20.1. The molecule has 3 aromatic carbocycles. The molecule has 1 aromatic heterocycles. The van der Waals surface area contributed by atoms with Crippen LogP contribution < -0.4 is 5.32 Å². The molecule has 0 unspecified atom stereocenters. The number of benzene rings is 3. The number of rotatable bonds is 5. The number of nitrogens with one attached hydrogen (secondary N) is 1. The third kappa shape index (κ3) is 4.77. The van der Waals surface area contributed by atoms with Crippen LogP contribution in [-0.2, 0) is 23.0 Å². The van der Waals surface area contributed by atoms with Gasteiger partial charge in [0.1, 0.15) is 0 Å². The number of aryl methyl sites for hydroxylation is 2. The Hall–Kier alpha value is -3.33. The molecule has 0 fully saturated rings. The summed E-state index contributed by atoms with van der Waals surface area (Å²) in [5.41, 5.74) is 6.79. The van der Waals surface area contributed by atoms with Crippen molar-refractivity contribution in [2.24, 2.45) is 0 Å². The molecule has 35 heavy (non-hydrogen) atoms. The number of sulfonamides is 1. The first-order valence-electron chi connectivity index (χ1n) is 11.3. The van der Waals surface area contributed by atoms with Crippen LogP contribution in [0.3, 0.4) is 0 Å². The highest BCUT2D eigenvalue weighted by atomic mass is 32.2. The summed E-state index contributed by atoms with van der Waals surface area (Å²) in [5.74, 6) is -0.332. The number of anilines is 1. The van der Waals surface area contributed by atoms with E-state index in [9.17, 15) is 13.2 Å². The molecule has 0 radical (unpaired) electrons. The fourth-order valence-corrected chi connectivity index (χ4v) is 6.27. The molecule has 0 spiro atoms. The van der Waals surface area contributed by atoms with Crippen LogP contribution in [0.1, 0.15) is 32.6 Å². The SMILES string of the molecule is Cc1ccc(-c2csc(NC(=O)c3ccc(S(=O)(=O)N4CCc5ccccc5C4)cc3)n2)cc1C. The van der Waals surface area contributed by atoms with Gasteiger partial charge in [-0.15, -0.1) is 11.3 Å². The molecule has 0 saturated carbocycles. The second-order valence-corrected chi connectivity index (χ2v) is 11.5. The molecule has 1 aliphatic heterocycles. The predicted octanol–water partition coefficient (Wildman–Crippen LogP) is 5.43. The first-order chi connectivity index (χ1) is 16.8. The lowest BCUT2D eigenvalue weighted by Crippen LogP contribution is -2.35. The molecule has 0 atom stereocenters. The molecule has 2 heterocycles. The van der Waals surface area contributed by atoms with Crippen molar-refractivity contribution >= 4 is 32.4 Å². The summed E-state index contributed by atoms with van der Waals surface area (Å²) in [5, 5.41) is 5.22. The minimum absolute atomic E-state index is 0.180. The maximum atomic E-state index is 13.2. The summed E-state index contributed by atoms with van der Waals surface area (Å²) in [6.45, 7) is 4.91. The minimum atomic E-state index is -3.65. The van der Waals surface area contributed by atoms with Crippen molar-refractivity contribution in [2.45, 2.75) is 31.7 Å². The van der Waals surface area contributed by atoms with Crippen molar-refractivity contribution in [1.29, 1.82) is 0 Å². The second-order valence-electron chi connectivity index (χ2n) is 8.67. The molecule has 6 nitrogen and oxygen atoms in total. The fourth-order valence-electron chi connectivity index (χ4n) is 4.14. The van der Waals surface area contributed by atoms with Crippen LogP contribution in [0.4, 0.5) is 5.13 Å². The van der Waals surface area contributed by atoms with E-state index < -0.39 is 10.0 Å². The van der Waals surface area contributed by atoms with Gasteiger partial charge in [0.15, 0.2) is 5.13 Å². The van der Waals surface area contributed by atoms with Crippen molar-refractivity contribution in [3.63, 3.8) is 0 Å². The normalized spacial score (nSPS) is 13.9. The Morgan fingerprint density at radius 1 is 0.971 bits per heavy atom. The highest BCUT2D eigenvalue weighted by molar-refractivity contribution is 7.89. The van der Waals surface area contributed by atoms with Gasteiger partial charge < -0.3 is 0 Å². The number of hydrogen-bond donors (Lipinski definition) is 1. The summed E-state index contributed by atoms with van der Waals surface area (Å²) >= 11 is 1.35. The van der Waals surface area contributed by atoms with Crippen LogP contribution in [0.2, 0.25) is 0 Å². The van der Waals surface area contributed by atoms with Gasteiger partial charge >= 0.3 is 0 Å². The largest absolute Gasteiger partial charge is 0.298 e. The molecule has 4 aromatic rings. The van der Waals surface area contributed by atoms with Crippen molar-refractivity contribution in [1.82, 2.24) is 9.29 Å². The Morgan fingerprint density at radius 3 is 2.46 bits per heavy atom. The maximum absolute atomic E-state index is 13.2. The van der Waals surface area contributed by atoms with E-state index in [0.717, 1.165) is 16.8 Å². The number of fused-ring (bicyclic) bond motifs is 1. The van der Waals surface area contributed by atoms with Crippen molar-refractivity contribution < 1.29 is 13.2 Å². The summed E-state index contributed by atoms with van der Waals surface area (Å²) in [7, 11) is -3.65. The van der Waals surface area contributed by atoms with E-state index in [0.29, 0.717) is 30.2 Å². The van der Waals surface area contributed by atoms with Crippen molar-refractivity contribution in [3.8, 4) is 11.3 Å². The van der Waals surface area contributed by atoms with Crippen LogP contribution in [0, 0.1) is 13.8 Å². The first kappa shape index (κ1) is 23.4. The molecular weight excluding hydrogens is 478 g/mol. The van der Waals surface area contributed by atoms with Gasteiger partial charge in [-0.05, 0) is 72.9 Å². The fraction of sp³-hybridized carbons (Fsp3) is 0.185. The lowest BCUT2D eigenvalue weighted by molar-refractivity contribution is 0.102. The van der Waals surface area contributed by atoms with E-state index in [1.54, 1.807) is 0 Å². The number of amides is 1. The number of carbonyl (C=O) groups excluding carboxylic acids is 1. The third-order valence-corrected chi connectivity index (χ3v) is 8.99. The van der Waals surface area contributed by atoms with Gasteiger partial charge in [0.25, 0.3) is 5.91 Å². The van der Waals surface area contributed by atoms with Gasteiger partial charge in [-0.1, -0.05) is 36.4 Å². The monoisotopic (exact) mass is 503 g/mol. The van der Waals surface area contributed by atoms with Gasteiger partial charge in [-0.2, -0.15) is 4.31 Å². The Bertz CT molecular complexity index is 1510. The van der Waals surface area contributed by atoms with E-state index in [1.165, 1.54) is 56.6 Å². The maximum Gasteiger partial charge on any atom is 0.257 e. The number of aromatic nitrogens is 1. The number of nitrogens with zero attached hydrogens (tertiary/aromatic N) is 2. The van der Waals surface area contributed by atoms with Gasteiger partial charge in [-0.3, -0.25) is 10.1 Å². The molecule has 0 bridgehead atoms. The number of carbonyl (C=O) groups is 1. The predicted molar refractivity (Wildman–Crippen MR) is 139 cm³/mol. The van der Waals surface area contributed by atoms with Crippen LogP contribution >= 0.6 is 11.3 Å². The van der Waals surface area contributed by atoms with Crippen LogP contribution in [0.25, 0.3) is 11.3 Å². The molecule has 0 saturated heterocycles. The average molecular weight is 504 g/mol. The van der Waals surface area contributed by atoms with E-state index in [1.807, 2.05) is 35.7 Å². The zero-order chi connectivity index (χ0) is 24.6. The number of thiazole rings is 1. The quantitative estimate of drug-likeness (QED) is 0.394. The lowest BCUT2D eigenvalue weighted by Gasteiger charge is -2.28. The molecule has 178 valence electrons. The zero-order valence-corrected chi connectivity index (χ0v) is 21.1. The molecular formula is C27H25N3O3S2. The van der Waals surface area contributed by atoms with Crippen LogP contribution in [-0.4, -0.2) is 30.2 Å². The van der Waals surface area contributed by atoms with E-state index in [-0.39, 0.29) is 10.8 Å².